The summed E-state index contributed by atoms with van der Waals surface area (Å²) in [6.45, 7) is 13.5. The van der Waals surface area contributed by atoms with Crippen LogP contribution in [0.2, 0.25) is 0 Å². The lowest BCUT2D eigenvalue weighted by atomic mass is 9.34. The Labute approximate surface area is 603 Å². The fourth-order valence-electron chi connectivity index (χ4n) is 16.5. The van der Waals surface area contributed by atoms with Gasteiger partial charge >= 0.3 is 0 Å². The van der Waals surface area contributed by atoms with Crippen molar-refractivity contribution < 1.29 is 4.42 Å². The number of allylic oxidation sites excluding steroid dienone is 3. The first-order valence-electron chi connectivity index (χ1n) is 35.6. The second-order valence-electron chi connectivity index (χ2n) is 29.7. The maximum absolute atomic E-state index is 10.5. The first kappa shape index (κ1) is 61.8. The highest BCUT2D eigenvalue weighted by atomic mass is 32.2. The quantitative estimate of drug-likeness (QED) is 0.106. The van der Waals surface area contributed by atoms with E-state index in [9.17, 15) is 10.5 Å². The highest BCUT2D eigenvalue weighted by molar-refractivity contribution is 8.00. The molecule has 0 bridgehead atoms. The second kappa shape index (κ2) is 23.7. The standard InChI is InChI=1S/C94H69BN6OS/c1-93(2,3)64-38-45-81-75(50-64)76-51-65(94(4,5)6)39-46-82(76)99(81)68-42-43-77-83(52-68)101(90-72(61-25-13-8-14-26-61)48-63(60-23-11-7-12-24-60)49-73(90)62-27-15-9-16-28-62)85-53-69(100-79-33-21-19-31-70(79)74-47-59(57-97)37-44-80(74)100)54-87-89(85)95(77)78-55-84(88-71-32-20-22-34-86(71)102-91(88)92(78)103-87)98(66-29-17-10-18-30-66)67-40-35-58(56-96)36-41-67/h7-17,19-28,30-55H,18,29H2,1-6H3. The number of nitriles is 2. The summed E-state index contributed by atoms with van der Waals surface area (Å²) in [5.74, 6) is 0. The molecule has 0 spiro atoms. The molecule has 0 saturated heterocycles. The summed E-state index contributed by atoms with van der Waals surface area (Å²) in [5, 5.41) is 27.3. The zero-order chi connectivity index (χ0) is 69.6. The molecule has 0 unspecified atom stereocenters. The van der Waals surface area contributed by atoms with Gasteiger partial charge in [0.25, 0.3) is 0 Å². The van der Waals surface area contributed by atoms with E-state index >= 15 is 0 Å². The smallest absolute Gasteiger partial charge is 0.249 e. The Balaban J connectivity index is 0.990. The Hall–Kier alpha value is -12.3. The van der Waals surface area contributed by atoms with E-state index in [4.69, 9.17) is 4.42 Å². The molecule has 490 valence electrons. The highest BCUT2D eigenvalue weighted by Gasteiger charge is 2.45. The molecule has 13 aromatic carbocycles. The Morgan fingerprint density at radius 3 is 1.66 bits per heavy atom. The average Bonchev–Trinajstić information content (AvgIpc) is 1.63. The Morgan fingerprint density at radius 1 is 0.466 bits per heavy atom. The number of para-hydroxylation sites is 2. The van der Waals surface area contributed by atoms with Crippen LogP contribution < -0.4 is 26.2 Å². The van der Waals surface area contributed by atoms with Crippen molar-refractivity contribution in [1.82, 2.24) is 9.13 Å². The van der Waals surface area contributed by atoms with E-state index in [1.807, 2.05) is 24.3 Å². The molecular formula is C94H69BN6OS. The van der Waals surface area contributed by atoms with Gasteiger partial charge in [-0.3, -0.25) is 0 Å². The molecule has 7 nitrogen and oxygen atoms in total. The first-order chi connectivity index (χ1) is 50.3. The maximum Gasteiger partial charge on any atom is 0.249 e. The summed E-state index contributed by atoms with van der Waals surface area (Å²) in [6, 6.07) is 103. The number of fused-ring (bicyclic) bond motifs is 14. The van der Waals surface area contributed by atoms with E-state index in [0.29, 0.717) is 11.1 Å². The number of hydrogen-bond acceptors (Lipinski definition) is 6. The van der Waals surface area contributed by atoms with E-state index in [1.54, 1.807) is 11.8 Å². The number of anilines is 5. The van der Waals surface area contributed by atoms with Crippen LogP contribution in [0.4, 0.5) is 28.4 Å². The van der Waals surface area contributed by atoms with Gasteiger partial charge in [0.15, 0.2) is 5.58 Å². The summed E-state index contributed by atoms with van der Waals surface area (Å²) in [5.41, 5.74) is 27.9. The molecule has 103 heavy (non-hydrogen) atoms. The van der Waals surface area contributed by atoms with Crippen LogP contribution >= 0.6 is 11.8 Å². The first-order valence-corrected chi connectivity index (χ1v) is 36.4. The van der Waals surface area contributed by atoms with Gasteiger partial charge in [-0.15, -0.1) is 0 Å². The molecule has 0 N–H and O–H groups in total. The van der Waals surface area contributed by atoms with Crippen LogP contribution in [-0.2, 0) is 10.8 Å². The lowest BCUT2D eigenvalue weighted by Crippen LogP contribution is -2.60. The summed E-state index contributed by atoms with van der Waals surface area (Å²) in [4.78, 5) is 7.25. The zero-order valence-corrected chi connectivity index (χ0v) is 58.9. The molecule has 3 aliphatic rings. The number of benzene rings is 13. The molecule has 0 radical (unpaired) electrons. The minimum absolute atomic E-state index is 0.0880. The largest absolute Gasteiger partial charge is 0.455 e. The van der Waals surface area contributed by atoms with E-state index in [1.165, 1.54) is 27.4 Å². The van der Waals surface area contributed by atoms with Crippen LogP contribution in [0, 0.1) is 22.7 Å². The van der Waals surface area contributed by atoms with Crippen LogP contribution in [0.25, 0.3) is 110 Å². The van der Waals surface area contributed by atoms with Crippen molar-refractivity contribution in [2.45, 2.75) is 75.0 Å². The van der Waals surface area contributed by atoms with Gasteiger partial charge in [0.2, 0.25) is 6.71 Å². The van der Waals surface area contributed by atoms with Crippen molar-refractivity contribution in [2.75, 3.05) is 9.80 Å². The summed E-state index contributed by atoms with van der Waals surface area (Å²) < 4.78 is 12.4. The third-order valence-corrected chi connectivity index (χ3v) is 22.7. The SMILES string of the molecule is CC(C)(C)c1ccc2c(c1)c1cc(C(C)(C)C)ccc1n2-c1ccc2c(c1)N(c1c(-c3ccccc3)cc(-c3ccccc3)cc1-c1ccccc1)c1cc(-n3c4ccccc4c4cc(C#N)ccc43)cc3c1B2c1cc(N(C2=CCC=CC2)c2ccc(C#N)cc2)c2c(oc4ccccc42)c1S3. The van der Waals surface area contributed by atoms with Gasteiger partial charge in [0.1, 0.15) is 5.58 Å². The van der Waals surface area contributed by atoms with Crippen LogP contribution in [0.3, 0.4) is 0 Å². The van der Waals surface area contributed by atoms with Crippen molar-refractivity contribution in [1.29, 1.82) is 10.5 Å². The van der Waals surface area contributed by atoms with Crippen molar-refractivity contribution >= 4 is 129 Å². The number of furan rings is 1. The molecule has 0 saturated carbocycles. The summed E-state index contributed by atoms with van der Waals surface area (Å²) in [6.07, 6.45) is 8.38. The van der Waals surface area contributed by atoms with Crippen LogP contribution in [-0.4, -0.2) is 15.8 Å². The lowest BCUT2D eigenvalue weighted by molar-refractivity contribution is 0.590. The van der Waals surface area contributed by atoms with E-state index < -0.39 is 0 Å². The molecule has 16 aromatic rings. The van der Waals surface area contributed by atoms with Crippen LogP contribution in [0.1, 0.15) is 76.6 Å². The number of hydrogen-bond donors (Lipinski definition) is 0. The monoisotopic (exact) mass is 1340 g/mol. The number of rotatable bonds is 9. The zero-order valence-electron chi connectivity index (χ0n) is 58.1. The number of nitrogens with zero attached hydrogens (tertiary/aromatic N) is 6. The van der Waals surface area contributed by atoms with Gasteiger partial charge in [0.05, 0.1) is 67.0 Å². The van der Waals surface area contributed by atoms with Crippen molar-refractivity contribution in [3.63, 3.8) is 0 Å². The van der Waals surface area contributed by atoms with Gasteiger partial charge in [-0.1, -0.05) is 217 Å². The van der Waals surface area contributed by atoms with E-state index in [-0.39, 0.29) is 17.5 Å². The summed E-state index contributed by atoms with van der Waals surface area (Å²) >= 11 is 1.80. The maximum atomic E-state index is 10.5. The van der Waals surface area contributed by atoms with E-state index in [0.717, 1.165) is 167 Å². The van der Waals surface area contributed by atoms with E-state index in [2.05, 4.69) is 333 Å². The third-order valence-electron chi connectivity index (χ3n) is 21.5. The van der Waals surface area contributed by atoms with Gasteiger partial charge in [-0.2, -0.15) is 10.5 Å². The fraction of sp³-hybridized carbons (Fsp3) is 0.106. The normalized spacial score (nSPS) is 13.4. The van der Waals surface area contributed by atoms with Crippen molar-refractivity contribution in [3.8, 4) is 56.9 Å². The molecule has 2 aliphatic heterocycles. The van der Waals surface area contributed by atoms with Gasteiger partial charge in [-0.05, 0) is 188 Å². The molecular weight excluding hydrogens is 1270 g/mol. The molecule has 5 heterocycles. The van der Waals surface area contributed by atoms with Crippen molar-refractivity contribution in [3.05, 3.63) is 313 Å². The Morgan fingerprint density at radius 2 is 1.03 bits per heavy atom. The van der Waals surface area contributed by atoms with Crippen LogP contribution in [0.5, 0.6) is 0 Å². The molecule has 0 amide bonds. The Bertz CT molecular complexity index is 6260. The van der Waals surface area contributed by atoms with Crippen molar-refractivity contribution in [2.24, 2.45) is 0 Å². The Kier molecular flexibility index (Phi) is 14.2. The minimum atomic E-state index is -0.350. The van der Waals surface area contributed by atoms with Gasteiger partial charge < -0.3 is 23.4 Å². The molecule has 0 fully saturated rings. The predicted molar refractivity (Wildman–Crippen MR) is 430 cm³/mol. The molecule has 3 aromatic heterocycles. The lowest BCUT2D eigenvalue weighted by Gasteiger charge is -2.42. The third kappa shape index (κ3) is 9.93. The van der Waals surface area contributed by atoms with Gasteiger partial charge in [0, 0.05) is 83.5 Å². The minimum Gasteiger partial charge on any atom is -0.455 e. The molecule has 1 aliphatic carbocycles. The molecule has 19 rings (SSSR count). The molecule has 9 heteroatoms. The molecule has 0 atom stereocenters. The topological polar surface area (TPSA) is 77.1 Å². The highest BCUT2D eigenvalue weighted by Crippen LogP contribution is 2.55. The predicted octanol–water partition coefficient (Wildman–Crippen LogP) is 23.3. The van der Waals surface area contributed by atoms with Gasteiger partial charge in [-0.25, -0.2) is 0 Å². The fourth-order valence-corrected chi connectivity index (χ4v) is 17.8. The average molecular weight is 1340 g/mol. The number of aromatic nitrogens is 2. The van der Waals surface area contributed by atoms with Crippen LogP contribution in [0.15, 0.2) is 305 Å². The second-order valence-corrected chi connectivity index (χ2v) is 30.8. The summed E-state index contributed by atoms with van der Waals surface area (Å²) in [7, 11) is 0.